The Labute approximate surface area is 98.7 Å². The van der Waals surface area contributed by atoms with Crippen LogP contribution in [0, 0.1) is 10.8 Å². The van der Waals surface area contributed by atoms with Crippen LogP contribution in [-0.2, 0) is 4.74 Å². The Morgan fingerprint density at radius 2 is 1.40 bits per heavy atom. The first-order chi connectivity index (χ1) is 7.27. The van der Waals surface area contributed by atoms with Crippen molar-refractivity contribution in [1.29, 1.82) is 10.8 Å². The van der Waals surface area contributed by atoms with E-state index in [1.54, 1.807) is 23.5 Å². The van der Waals surface area contributed by atoms with E-state index in [2.05, 4.69) is 0 Å². The van der Waals surface area contributed by atoms with Crippen LogP contribution in [0.4, 0.5) is 0 Å². The van der Waals surface area contributed by atoms with E-state index in [9.17, 15) is 0 Å². The molecule has 2 aliphatic heterocycles. The molecule has 0 aromatic heterocycles. The van der Waals surface area contributed by atoms with Gasteiger partial charge in [-0.25, -0.2) is 0 Å². The summed E-state index contributed by atoms with van der Waals surface area (Å²) in [6, 6.07) is 0. The van der Waals surface area contributed by atoms with Crippen LogP contribution in [0.25, 0.3) is 0 Å². The largest absolute Gasteiger partial charge is 0.342 e. The second-order valence-corrected chi connectivity index (χ2v) is 6.14. The van der Waals surface area contributed by atoms with E-state index >= 15 is 0 Å². The fourth-order valence-electron chi connectivity index (χ4n) is 1.70. The van der Waals surface area contributed by atoms with Gasteiger partial charge in [0.25, 0.3) is 0 Å². The molecule has 0 aliphatic carbocycles. The summed E-state index contributed by atoms with van der Waals surface area (Å²) in [6.07, 6.45) is 3.92. The molecule has 0 aromatic carbocycles. The minimum atomic E-state index is -0.0882. The van der Waals surface area contributed by atoms with E-state index in [4.69, 9.17) is 15.6 Å². The second kappa shape index (κ2) is 5.37. The summed E-state index contributed by atoms with van der Waals surface area (Å²) in [5.41, 5.74) is 1.22. The van der Waals surface area contributed by atoms with Crippen molar-refractivity contribution in [3.63, 3.8) is 0 Å². The predicted octanol–water partition coefficient (Wildman–Crippen LogP) is 2.75. The molecule has 0 amide bonds. The Kier molecular flexibility index (Phi) is 4.11. The van der Waals surface area contributed by atoms with Crippen LogP contribution in [0.2, 0.25) is 0 Å². The maximum Gasteiger partial charge on any atom is 0.142 e. The molecule has 2 heterocycles. The lowest BCUT2D eigenvalue weighted by molar-refractivity contribution is 0.162. The van der Waals surface area contributed by atoms with Crippen LogP contribution in [0.5, 0.6) is 0 Å². The van der Waals surface area contributed by atoms with Gasteiger partial charge in [-0.1, -0.05) is 0 Å². The molecule has 0 saturated carbocycles. The van der Waals surface area contributed by atoms with E-state index in [-0.39, 0.29) is 10.9 Å². The lowest BCUT2D eigenvalue weighted by atomic mass is 10.2. The van der Waals surface area contributed by atoms with E-state index in [0.717, 1.165) is 37.2 Å². The van der Waals surface area contributed by atoms with Gasteiger partial charge in [-0.3, -0.25) is 0 Å². The van der Waals surface area contributed by atoms with Crippen molar-refractivity contribution in [2.24, 2.45) is 0 Å². The molecule has 0 bridgehead atoms. The maximum absolute atomic E-state index is 7.80. The van der Waals surface area contributed by atoms with Crippen LogP contribution in [0.1, 0.15) is 25.7 Å². The van der Waals surface area contributed by atoms with Crippen LogP contribution in [0.3, 0.4) is 0 Å². The Morgan fingerprint density at radius 1 is 0.933 bits per heavy atom. The number of hydrogen-bond donors (Lipinski definition) is 2. The monoisotopic (exact) mass is 244 g/mol. The predicted molar refractivity (Wildman–Crippen MR) is 67.5 cm³/mol. The fourth-order valence-corrected chi connectivity index (χ4v) is 3.84. The molecule has 2 aliphatic rings. The summed E-state index contributed by atoms with van der Waals surface area (Å²) >= 11 is 3.42. The highest BCUT2D eigenvalue weighted by atomic mass is 32.2. The average molecular weight is 244 g/mol. The zero-order valence-electron chi connectivity index (χ0n) is 8.62. The van der Waals surface area contributed by atoms with E-state index in [0.29, 0.717) is 11.4 Å². The van der Waals surface area contributed by atoms with E-state index < -0.39 is 0 Å². The maximum atomic E-state index is 7.80. The molecule has 0 spiro atoms. The standard InChI is InChI=1S/C10H16N2OS2/c11-7-3-1-5-14-9(7)13-10-8(12)4-2-6-15-10/h9-12H,1-6H2. The topological polar surface area (TPSA) is 56.9 Å². The van der Waals surface area contributed by atoms with Crippen molar-refractivity contribution in [1.82, 2.24) is 0 Å². The highest BCUT2D eigenvalue weighted by Crippen LogP contribution is 2.30. The molecule has 2 fully saturated rings. The van der Waals surface area contributed by atoms with Crippen molar-refractivity contribution in [3.05, 3.63) is 0 Å². The summed E-state index contributed by atoms with van der Waals surface area (Å²) in [4.78, 5) is 0. The third-order valence-corrected chi connectivity index (χ3v) is 4.98. The first-order valence-corrected chi connectivity index (χ1v) is 7.40. The number of nitrogens with one attached hydrogen (secondary N) is 2. The highest BCUT2D eigenvalue weighted by Gasteiger charge is 2.27. The highest BCUT2D eigenvalue weighted by molar-refractivity contribution is 8.01. The Balaban J connectivity index is 1.89. The van der Waals surface area contributed by atoms with E-state index in [1.807, 2.05) is 0 Å². The van der Waals surface area contributed by atoms with Gasteiger partial charge in [0.1, 0.15) is 10.9 Å². The zero-order valence-corrected chi connectivity index (χ0v) is 10.3. The van der Waals surface area contributed by atoms with Crippen LogP contribution in [-0.4, -0.2) is 33.8 Å². The SMILES string of the molecule is N=C1CCCSC1OC1SCCCC1=N. The molecule has 15 heavy (non-hydrogen) atoms. The molecular formula is C10H16N2OS2. The van der Waals surface area contributed by atoms with Crippen molar-refractivity contribution in [2.75, 3.05) is 11.5 Å². The Hall–Kier alpha value is -0.0000000000000000555. The van der Waals surface area contributed by atoms with Gasteiger partial charge >= 0.3 is 0 Å². The van der Waals surface area contributed by atoms with Crippen LogP contribution < -0.4 is 0 Å². The Bertz CT molecular complexity index is 244. The van der Waals surface area contributed by atoms with Gasteiger partial charge in [0.2, 0.25) is 0 Å². The zero-order chi connectivity index (χ0) is 10.7. The fraction of sp³-hybridized carbons (Fsp3) is 0.800. The van der Waals surface area contributed by atoms with E-state index in [1.165, 1.54) is 0 Å². The minimum absolute atomic E-state index is 0.0882. The smallest absolute Gasteiger partial charge is 0.142 e. The quantitative estimate of drug-likeness (QED) is 0.785. The molecule has 2 N–H and O–H groups in total. The molecule has 2 saturated heterocycles. The summed E-state index contributed by atoms with van der Waals surface area (Å²) in [6.45, 7) is 0. The lowest BCUT2D eigenvalue weighted by Crippen LogP contribution is -2.33. The van der Waals surface area contributed by atoms with Gasteiger partial charge in [-0.2, -0.15) is 0 Å². The molecular weight excluding hydrogens is 228 g/mol. The summed E-state index contributed by atoms with van der Waals surface area (Å²) in [7, 11) is 0. The van der Waals surface area contributed by atoms with Gasteiger partial charge in [-0.15, -0.1) is 23.5 Å². The average Bonchev–Trinajstić information content (AvgIpc) is 2.24. The van der Waals surface area contributed by atoms with Crippen molar-refractivity contribution < 1.29 is 4.74 Å². The molecule has 0 radical (unpaired) electrons. The summed E-state index contributed by atoms with van der Waals surface area (Å²) in [5, 5.41) is 15.6. The lowest BCUT2D eigenvalue weighted by Gasteiger charge is -2.29. The van der Waals surface area contributed by atoms with Gasteiger partial charge in [0.15, 0.2) is 0 Å². The van der Waals surface area contributed by atoms with Gasteiger partial charge < -0.3 is 15.6 Å². The minimum Gasteiger partial charge on any atom is -0.342 e. The van der Waals surface area contributed by atoms with Crippen LogP contribution in [0.15, 0.2) is 0 Å². The molecule has 2 unspecified atom stereocenters. The number of ether oxygens (including phenoxy) is 1. The first kappa shape index (κ1) is 11.5. The third kappa shape index (κ3) is 2.98. The van der Waals surface area contributed by atoms with Gasteiger partial charge in [0.05, 0.1) is 0 Å². The third-order valence-electron chi connectivity index (χ3n) is 2.54. The summed E-state index contributed by atoms with van der Waals surface area (Å²) < 4.78 is 5.83. The molecule has 84 valence electrons. The van der Waals surface area contributed by atoms with Crippen molar-refractivity contribution >= 4 is 34.9 Å². The molecule has 2 rings (SSSR count). The van der Waals surface area contributed by atoms with Crippen molar-refractivity contribution in [2.45, 2.75) is 36.6 Å². The van der Waals surface area contributed by atoms with Gasteiger partial charge in [0, 0.05) is 11.4 Å². The Morgan fingerprint density at radius 3 is 1.80 bits per heavy atom. The number of rotatable bonds is 2. The number of hydrogen-bond acceptors (Lipinski definition) is 5. The second-order valence-electron chi connectivity index (χ2n) is 3.80. The van der Waals surface area contributed by atoms with Gasteiger partial charge in [-0.05, 0) is 37.2 Å². The summed E-state index contributed by atoms with van der Waals surface area (Å²) in [5.74, 6) is 2.16. The molecule has 3 nitrogen and oxygen atoms in total. The molecule has 2 atom stereocenters. The molecule has 5 heteroatoms. The first-order valence-electron chi connectivity index (χ1n) is 5.30. The normalized spacial score (nSPS) is 33.1. The van der Waals surface area contributed by atoms with Crippen LogP contribution >= 0.6 is 23.5 Å². The van der Waals surface area contributed by atoms with Crippen molar-refractivity contribution in [3.8, 4) is 0 Å². The number of thioether (sulfide) groups is 2. The molecule has 0 aromatic rings.